The van der Waals surface area contributed by atoms with Gasteiger partial charge in [-0.15, -0.1) is 0 Å². The number of ether oxygens (including phenoxy) is 3. The van der Waals surface area contributed by atoms with Gasteiger partial charge >= 0.3 is 0 Å². The molecule has 1 N–H and O–H groups in total. The number of hydrogen-bond donors (Lipinski definition) is 1. The molecule has 1 aliphatic rings. The van der Waals surface area contributed by atoms with E-state index in [2.05, 4.69) is 14.7 Å². The highest BCUT2D eigenvalue weighted by molar-refractivity contribution is 7.09. The molecule has 1 amide bonds. The summed E-state index contributed by atoms with van der Waals surface area (Å²) in [5.74, 6) is 2.86. The molecule has 0 atom stereocenters. The van der Waals surface area contributed by atoms with Gasteiger partial charge in [-0.1, -0.05) is 18.2 Å². The van der Waals surface area contributed by atoms with Gasteiger partial charge in [0.1, 0.15) is 11.6 Å². The molecule has 156 valence electrons. The van der Waals surface area contributed by atoms with E-state index < -0.39 is 0 Å². The van der Waals surface area contributed by atoms with Crippen LogP contribution >= 0.6 is 11.5 Å². The number of benzene rings is 2. The fraction of sp³-hybridized carbons (Fsp3) is 0.286. The topological polar surface area (TPSA) is 85.8 Å². The Morgan fingerprint density at radius 3 is 2.93 bits per heavy atom. The number of hydrogen-bond acceptors (Lipinski definition) is 8. The van der Waals surface area contributed by atoms with Crippen LogP contribution in [0.2, 0.25) is 0 Å². The molecule has 0 unspecified atom stereocenters. The Labute approximate surface area is 178 Å². The Kier molecular flexibility index (Phi) is 5.99. The van der Waals surface area contributed by atoms with E-state index in [1.165, 1.54) is 11.5 Å². The Morgan fingerprint density at radius 1 is 1.20 bits per heavy atom. The molecule has 2 heterocycles. The number of likely N-dealkylation sites (N-methyl/N-ethyl adjacent to an activating group) is 1. The van der Waals surface area contributed by atoms with E-state index in [1.807, 2.05) is 49.5 Å². The third kappa shape index (κ3) is 4.80. The normalized spacial score (nSPS) is 11.9. The number of aromatic nitrogens is 2. The molecule has 0 radical (unpaired) electrons. The van der Waals surface area contributed by atoms with E-state index in [-0.39, 0.29) is 19.2 Å². The summed E-state index contributed by atoms with van der Waals surface area (Å²) in [6.45, 7) is 0.844. The van der Waals surface area contributed by atoms with Crippen molar-refractivity contribution in [2.75, 3.05) is 32.4 Å². The van der Waals surface area contributed by atoms with Crippen molar-refractivity contribution in [1.82, 2.24) is 14.7 Å². The van der Waals surface area contributed by atoms with Gasteiger partial charge in [-0.2, -0.15) is 4.37 Å². The highest BCUT2D eigenvalue weighted by Crippen LogP contribution is 2.32. The lowest BCUT2D eigenvalue weighted by Crippen LogP contribution is -2.34. The van der Waals surface area contributed by atoms with Gasteiger partial charge in [0.2, 0.25) is 17.8 Å². The summed E-state index contributed by atoms with van der Waals surface area (Å²) in [6.07, 6.45) is 0.609. The molecule has 0 saturated heterocycles. The van der Waals surface area contributed by atoms with Gasteiger partial charge in [0.15, 0.2) is 11.5 Å². The molecule has 0 aliphatic carbocycles. The molecular weight excluding hydrogens is 404 g/mol. The van der Waals surface area contributed by atoms with E-state index in [4.69, 9.17) is 14.2 Å². The minimum atomic E-state index is -0.0975. The second kappa shape index (κ2) is 9.00. The number of nitrogens with zero attached hydrogens (tertiary/aromatic N) is 3. The maximum absolute atomic E-state index is 12.3. The minimum Gasteiger partial charge on any atom is -0.497 e. The Morgan fingerprint density at radius 2 is 2.07 bits per heavy atom. The summed E-state index contributed by atoms with van der Waals surface area (Å²) in [5.41, 5.74) is 2.02. The van der Waals surface area contributed by atoms with Crippen molar-refractivity contribution >= 4 is 22.6 Å². The highest BCUT2D eigenvalue weighted by atomic mass is 32.1. The molecule has 8 nitrogen and oxygen atoms in total. The zero-order valence-electron chi connectivity index (χ0n) is 16.8. The van der Waals surface area contributed by atoms with E-state index in [9.17, 15) is 4.79 Å². The molecule has 1 aromatic heterocycles. The van der Waals surface area contributed by atoms with Crippen LogP contribution in [-0.2, 0) is 17.8 Å². The predicted octanol–water partition coefficient (Wildman–Crippen LogP) is 2.62. The van der Waals surface area contributed by atoms with Gasteiger partial charge in [0.25, 0.3) is 0 Å². The van der Waals surface area contributed by atoms with Crippen molar-refractivity contribution < 1.29 is 19.0 Å². The third-order valence-electron chi connectivity index (χ3n) is 4.59. The molecule has 1 aliphatic heterocycles. The number of carbonyl (C=O) groups excluding carboxylic acids is 1. The van der Waals surface area contributed by atoms with Crippen molar-refractivity contribution in [2.24, 2.45) is 0 Å². The van der Waals surface area contributed by atoms with Crippen LogP contribution in [0.3, 0.4) is 0 Å². The van der Waals surface area contributed by atoms with Crippen LogP contribution in [0.4, 0.5) is 5.13 Å². The molecule has 4 rings (SSSR count). The summed E-state index contributed by atoms with van der Waals surface area (Å²) < 4.78 is 20.3. The van der Waals surface area contributed by atoms with Crippen LogP contribution in [-0.4, -0.2) is 42.8 Å². The largest absolute Gasteiger partial charge is 0.497 e. The van der Waals surface area contributed by atoms with Crippen molar-refractivity contribution in [1.29, 1.82) is 0 Å². The number of fused-ring (bicyclic) bond motifs is 1. The standard InChI is InChI=1S/C21H22N4O4S/c1-25(12-20(26)22-11-15-6-7-17-18(9-15)29-13-28-17)21-23-19(24-30-21)10-14-4-3-5-16(8-14)27-2/h3-9H,10-13H2,1-2H3,(H,22,26). The minimum absolute atomic E-state index is 0.0975. The second-order valence-corrected chi connectivity index (χ2v) is 7.57. The molecule has 0 spiro atoms. The van der Waals surface area contributed by atoms with E-state index >= 15 is 0 Å². The first-order chi connectivity index (χ1) is 14.6. The van der Waals surface area contributed by atoms with Gasteiger partial charge < -0.3 is 24.4 Å². The Hall–Kier alpha value is -3.33. The number of rotatable bonds is 8. The van der Waals surface area contributed by atoms with E-state index in [1.54, 1.807) is 12.0 Å². The Balaban J connectivity index is 1.29. The first-order valence-electron chi connectivity index (χ1n) is 9.42. The van der Waals surface area contributed by atoms with Crippen LogP contribution in [0.15, 0.2) is 42.5 Å². The third-order valence-corrected chi connectivity index (χ3v) is 5.46. The lowest BCUT2D eigenvalue weighted by Gasteiger charge is -2.14. The second-order valence-electron chi connectivity index (χ2n) is 6.84. The number of amides is 1. The molecule has 0 saturated carbocycles. The van der Waals surface area contributed by atoms with Gasteiger partial charge in [0, 0.05) is 31.5 Å². The van der Waals surface area contributed by atoms with Crippen LogP contribution in [0.25, 0.3) is 0 Å². The van der Waals surface area contributed by atoms with Gasteiger partial charge in [-0.3, -0.25) is 4.79 Å². The summed E-state index contributed by atoms with van der Waals surface area (Å²) >= 11 is 1.28. The molecule has 3 aromatic rings. The Bertz CT molecular complexity index is 1040. The number of methoxy groups -OCH3 is 1. The van der Waals surface area contributed by atoms with Crippen LogP contribution in [0.1, 0.15) is 17.0 Å². The summed E-state index contributed by atoms with van der Waals surface area (Å²) in [7, 11) is 3.47. The molecule has 0 bridgehead atoms. The molecular formula is C21H22N4O4S. The lowest BCUT2D eigenvalue weighted by atomic mass is 10.1. The van der Waals surface area contributed by atoms with E-state index in [0.717, 1.165) is 28.5 Å². The molecule has 30 heavy (non-hydrogen) atoms. The number of anilines is 1. The van der Waals surface area contributed by atoms with Crippen molar-refractivity contribution in [3.05, 3.63) is 59.4 Å². The number of carbonyl (C=O) groups is 1. The lowest BCUT2D eigenvalue weighted by molar-refractivity contribution is -0.119. The van der Waals surface area contributed by atoms with Gasteiger partial charge in [-0.25, -0.2) is 4.98 Å². The summed E-state index contributed by atoms with van der Waals surface area (Å²) in [4.78, 5) is 18.7. The maximum atomic E-state index is 12.3. The average Bonchev–Trinajstić information content (AvgIpc) is 3.41. The predicted molar refractivity (Wildman–Crippen MR) is 113 cm³/mol. The quantitative estimate of drug-likeness (QED) is 0.593. The smallest absolute Gasteiger partial charge is 0.239 e. The summed E-state index contributed by atoms with van der Waals surface area (Å²) in [5, 5.41) is 3.62. The monoisotopic (exact) mass is 426 g/mol. The molecule has 9 heteroatoms. The van der Waals surface area contributed by atoms with E-state index in [0.29, 0.717) is 23.8 Å². The van der Waals surface area contributed by atoms with Gasteiger partial charge in [-0.05, 0) is 35.4 Å². The zero-order valence-corrected chi connectivity index (χ0v) is 17.6. The first-order valence-corrected chi connectivity index (χ1v) is 10.2. The van der Waals surface area contributed by atoms with Crippen molar-refractivity contribution in [3.8, 4) is 17.2 Å². The average molecular weight is 426 g/mol. The first kappa shape index (κ1) is 20.0. The highest BCUT2D eigenvalue weighted by Gasteiger charge is 2.15. The van der Waals surface area contributed by atoms with Crippen LogP contribution in [0.5, 0.6) is 17.2 Å². The maximum Gasteiger partial charge on any atom is 0.239 e. The van der Waals surface area contributed by atoms with Gasteiger partial charge in [0.05, 0.1) is 13.7 Å². The summed E-state index contributed by atoms with van der Waals surface area (Å²) in [6, 6.07) is 13.5. The molecule has 0 fully saturated rings. The SMILES string of the molecule is COc1cccc(Cc2nsc(N(C)CC(=O)NCc3ccc4c(c3)OCO4)n2)c1. The van der Waals surface area contributed by atoms with Crippen LogP contribution < -0.4 is 24.4 Å². The fourth-order valence-electron chi connectivity index (χ4n) is 3.03. The van der Waals surface area contributed by atoms with Crippen molar-refractivity contribution in [2.45, 2.75) is 13.0 Å². The fourth-order valence-corrected chi connectivity index (χ4v) is 3.67. The molecule has 2 aromatic carbocycles. The van der Waals surface area contributed by atoms with Crippen LogP contribution in [0, 0.1) is 0 Å². The van der Waals surface area contributed by atoms with Crippen molar-refractivity contribution in [3.63, 3.8) is 0 Å². The zero-order chi connectivity index (χ0) is 20.9. The number of nitrogens with one attached hydrogen (secondary N) is 1.